The van der Waals surface area contributed by atoms with E-state index in [1.807, 2.05) is 30.3 Å². The smallest absolute Gasteiger partial charge is 0.157 e. The Labute approximate surface area is 101 Å². The molecule has 0 amide bonds. The number of aliphatic hydroxyl groups excluding tert-OH is 2. The van der Waals surface area contributed by atoms with Crippen LogP contribution in [-0.4, -0.2) is 35.3 Å². The molecule has 17 heavy (non-hydrogen) atoms. The molecule has 4 nitrogen and oxygen atoms in total. The predicted molar refractivity (Wildman–Crippen MR) is 62.2 cm³/mol. The van der Waals surface area contributed by atoms with Gasteiger partial charge in [0.25, 0.3) is 0 Å². The summed E-state index contributed by atoms with van der Waals surface area (Å²) in [6.07, 6.45) is -0.785. The van der Waals surface area contributed by atoms with Crippen LogP contribution in [-0.2, 0) is 16.1 Å². The lowest BCUT2D eigenvalue weighted by Crippen LogP contribution is -2.37. The number of benzene rings is 1. The summed E-state index contributed by atoms with van der Waals surface area (Å²) in [7, 11) is 0. The van der Waals surface area contributed by atoms with E-state index in [9.17, 15) is 10.2 Å². The third kappa shape index (κ3) is 4.09. The quantitative estimate of drug-likeness (QED) is 0.823. The van der Waals surface area contributed by atoms with Crippen molar-refractivity contribution >= 4 is 0 Å². The zero-order chi connectivity index (χ0) is 12.1. The van der Waals surface area contributed by atoms with E-state index in [1.165, 1.54) is 0 Å². The molecule has 0 bridgehead atoms. The number of rotatable bonds is 4. The fourth-order valence-corrected chi connectivity index (χ4v) is 1.96. The highest BCUT2D eigenvalue weighted by Crippen LogP contribution is 2.18. The monoisotopic (exact) mass is 238 g/mol. The molecular formula is C13H18O4. The molecule has 1 aliphatic rings. The molecule has 94 valence electrons. The second-order valence-corrected chi connectivity index (χ2v) is 4.34. The molecule has 0 aromatic heterocycles. The lowest BCUT2D eigenvalue weighted by atomic mass is 10.1. The Kier molecular flexibility index (Phi) is 4.50. The zero-order valence-electron chi connectivity index (χ0n) is 9.66. The molecule has 0 radical (unpaired) electrons. The summed E-state index contributed by atoms with van der Waals surface area (Å²) in [6, 6.07) is 9.87. The van der Waals surface area contributed by atoms with Gasteiger partial charge in [-0.2, -0.15) is 0 Å². The van der Waals surface area contributed by atoms with E-state index in [1.54, 1.807) is 0 Å². The molecule has 2 rings (SSSR count). The molecule has 1 aromatic carbocycles. The average Bonchev–Trinajstić information content (AvgIpc) is 2.29. The Balaban J connectivity index is 1.71. The topological polar surface area (TPSA) is 58.9 Å². The summed E-state index contributed by atoms with van der Waals surface area (Å²) in [6.45, 7) is 0.913. The van der Waals surface area contributed by atoms with Crippen molar-refractivity contribution in [2.45, 2.75) is 37.9 Å². The van der Waals surface area contributed by atoms with Gasteiger partial charge in [-0.05, 0) is 5.56 Å². The molecule has 0 spiro atoms. The number of ether oxygens (including phenoxy) is 2. The highest BCUT2D eigenvalue weighted by atomic mass is 16.6. The van der Waals surface area contributed by atoms with Crippen LogP contribution in [0.4, 0.5) is 0 Å². The van der Waals surface area contributed by atoms with E-state index < -0.39 is 12.4 Å². The molecule has 4 heteroatoms. The van der Waals surface area contributed by atoms with Crippen molar-refractivity contribution in [3.63, 3.8) is 0 Å². The van der Waals surface area contributed by atoms with Gasteiger partial charge in [0.2, 0.25) is 0 Å². The molecular weight excluding hydrogens is 220 g/mol. The first kappa shape index (κ1) is 12.5. The summed E-state index contributed by atoms with van der Waals surface area (Å²) in [4.78, 5) is 0. The predicted octanol–water partition coefficient (Wildman–Crippen LogP) is 1.06. The van der Waals surface area contributed by atoms with Gasteiger partial charge in [0.15, 0.2) is 6.29 Å². The first-order chi connectivity index (χ1) is 8.24. The molecule has 0 aliphatic carbocycles. The average molecular weight is 238 g/mol. The minimum atomic E-state index is -0.871. The van der Waals surface area contributed by atoms with Crippen molar-refractivity contribution in [3.8, 4) is 0 Å². The van der Waals surface area contributed by atoms with E-state index in [2.05, 4.69) is 0 Å². The van der Waals surface area contributed by atoms with Gasteiger partial charge in [0, 0.05) is 12.8 Å². The second kappa shape index (κ2) is 6.12. The van der Waals surface area contributed by atoms with Gasteiger partial charge in [-0.25, -0.2) is 0 Å². The zero-order valence-corrected chi connectivity index (χ0v) is 9.66. The van der Waals surface area contributed by atoms with Crippen LogP contribution in [0.5, 0.6) is 0 Å². The Bertz CT molecular complexity index is 317. The van der Waals surface area contributed by atoms with Crippen LogP contribution < -0.4 is 0 Å². The standard InChI is InChI=1S/C13H18O4/c14-11-6-12(17-13(15)7-11)9-16-8-10-4-2-1-3-5-10/h1-5,11-15H,6-9H2/t11-,12+,13+/m0/s1. The van der Waals surface area contributed by atoms with Crippen LogP contribution in [0.3, 0.4) is 0 Å². The van der Waals surface area contributed by atoms with E-state index >= 15 is 0 Å². The largest absolute Gasteiger partial charge is 0.393 e. The molecule has 1 aromatic rings. The van der Waals surface area contributed by atoms with Crippen LogP contribution in [0.15, 0.2) is 30.3 Å². The molecule has 1 aliphatic heterocycles. The SMILES string of the molecule is O[C@H]1C[C@H](COCc2ccccc2)O[C@@H](O)C1. The van der Waals surface area contributed by atoms with E-state index in [0.717, 1.165) is 5.56 Å². The van der Waals surface area contributed by atoms with Gasteiger partial charge < -0.3 is 19.7 Å². The fraction of sp³-hybridized carbons (Fsp3) is 0.538. The minimum absolute atomic E-state index is 0.225. The normalized spacial score (nSPS) is 29.2. The second-order valence-electron chi connectivity index (χ2n) is 4.34. The van der Waals surface area contributed by atoms with Crippen molar-refractivity contribution in [3.05, 3.63) is 35.9 Å². The summed E-state index contributed by atoms with van der Waals surface area (Å²) >= 11 is 0. The molecule has 0 saturated carbocycles. The summed E-state index contributed by atoms with van der Waals surface area (Å²) in [5.74, 6) is 0. The first-order valence-electron chi connectivity index (χ1n) is 5.87. The Morgan fingerprint density at radius 2 is 1.94 bits per heavy atom. The maximum atomic E-state index is 9.47. The van der Waals surface area contributed by atoms with Gasteiger partial charge in [-0.3, -0.25) is 0 Å². The minimum Gasteiger partial charge on any atom is -0.393 e. The number of hydrogen-bond donors (Lipinski definition) is 2. The van der Waals surface area contributed by atoms with E-state index in [4.69, 9.17) is 9.47 Å². The van der Waals surface area contributed by atoms with Crippen molar-refractivity contribution < 1.29 is 19.7 Å². The fourth-order valence-electron chi connectivity index (χ4n) is 1.96. The summed E-state index contributed by atoms with van der Waals surface area (Å²) in [5.41, 5.74) is 1.10. The van der Waals surface area contributed by atoms with Crippen LogP contribution in [0, 0.1) is 0 Å². The molecule has 2 N–H and O–H groups in total. The lowest BCUT2D eigenvalue weighted by Gasteiger charge is -2.30. The third-order valence-electron chi connectivity index (χ3n) is 2.77. The first-order valence-corrected chi connectivity index (χ1v) is 5.87. The van der Waals surface area contributed by atoms with E-state index in [-0.39, 0.29) is 12.5 Å². The maximum absolute atomic E-state index is 9.47. The molecule has 3 atom stereocenters. The molecule has 1 saturated heterocycles. The molecule has 0 unspecified atom stereocenters. The van der Waals surface area contributed by atoms with Crippen molar-refractivity contribution in [2.24, 2.45) is 0 Å². The Hall–Kier alpha value is -0.940. The number of aliphatic hydroxyl groups is 2. The highest BCUT2D eigenvalue weighted by Gasteiger charge is 2.26. The summed E-state index contributed by atoms with van der Waals surface area (Å²) < 4.78 is 10.8. The van der Waals surface area contributed by atoms with Crippen LogP contribution in [0.25, 0.3) is 0 Å². The molecule has 1 fully saturated rings. The van der Waals surface area contributed by atoms with Gasteiger partial charge in [-0.15, -0.1) is 0 Å². The van der Waals surface area contributed by atoms with Crippen LogP contribution in [0.1, 0.15) is 18.4 Å². The molecule has 1 heterocycles. The van der Waals surface area contributed by atoms with Crippen LogP contribution >= 0.6 is 0 Å². The summed E-state index contributed by atoms with van der Waals surface area (Å²) in [5, 5.41) is 18.8. The van der Waals surface area contributed by atoms with Gasteiger partial charge in [-0.1, -0.05) is 30.3 Å². The van der Waals surface area contributed by atoms with Gasteiger partial charge in [0.1, 0.15) is 0 Å². The highest BCUT2D eigenvalue weighted by molar-refractivity contribution is 5.13. The van der Waals surface area contributed by atoms with Gasteiger partial charge in [0.05, 0.1) is 25.4 Å². The third-order valence-corrected chi connectivity index (χ3v) is 2.77. The van der Waals surface area contributed by atoms with Crippen molar-refractivity contribution in [1.82, 2.24) is 0 Å². The van der Waals surface area contributed by atoms with Crippen LogP contribution in [0.2, 0.25) is 0 Å². The van der Waals surface area contributed by atoms with Crippen molar-refractivity contribution in [2.75, 3.05) is 6.61 Å². The Morgan fingerprint density at radius 1 is 1.18 bits per heavy atom. The number of hydrogen-bond acceptors (Lipinski definition) is 4. The Morgan fingerprint density at radius 3 is 2.65 bits per heavy atom. The lowest BCUT2D eigenvalue weighted by molar-refractivity contribution is -0.202. The maximum Gasteiger partial charge on any atom is 0.157 e. The van der Waals surface area contributed by atoms with Gasteiger partial charge >= 0.3 is 0 Å². The van der Waals surface area contributed by atoms with Crippen molar-refractivity contribution in [1.29, 1.82) is 0 Å². The van der Waals surface area contributed by atoms with E-state index in [0.29, 0.717) is 19.6 Å².